The van der Waals surface area contributed by atoms with Gasteiger partial charge in [-0.05, 0) is 0 Å². The van der Waals surface area contributed by atoms with E-state index in [2.05, 4.69) is 91.0 Å². The predicted molar refractivity (Wildman–Crippen MR) is 240 cm³/mol. The first-order chi connectivity index (χ1) is 24.0. The zero-order chi connectivity index (χ0) is 38.7. The van der Waals surface area contributed by atoms with E-state index in [1.165, 1.54) is 10.7 Å². The normalized spacial score (nSPS) is 10.3. The van der Waals surface area contributed by atoms with Gasteiger partial charge >= 0.3 is 127 Å². The number of hydrogen-bond donors (Lipinski definition) is 1. The molecule has 0 aliphatic rings. The van der Waals surface area contributed by atoms with E-state index in [1.54, 1.807) is 76.0 Å². The molecule has 0 spiro atoms. The molecule has 0 aliphatic carbocycles. The zero-order valence-corrected chi connectivity index (χ0v) is 38.9. The van der Waals surface area contributed by atoms with Gasteiger partial charge in [0, 0.05) is 56.4 Å². The monoisotopic (exact) mass is 946 g/mol. The summed E-state index contributed by atoms with van der Waals surface area (Å²) in [5.74, 6) is -2.10. The molecule has 0 unspecified atom stereocenters. The molecule has 0 saturated carbocycles. The van der Waals surface area contributed by atoms with Crippen LogP contribution in [0.1, 0.15) is 0 Å². The van der Waals surface area contributed by atoms with E-state index in [-0.39, 0.29) is 0 Å². The molecule has 8 nitrogen and oxygen atoms in total. The Bertz CT molecular complexity index is 1370. The van der Waals surface area contributed by atoms with E-state index < -0.39 is 40.9 Å². The van der Waals surface area contributed by atoms with Gasteiger partial charge in [0.05, 0.1) is 5.97 Å². The molecule has 3 rings (SSSR count). The molecular weight excluding hydrogens is 904 g/mol. The molecule has 0 amide bonds. The van der Waals surface area contributed by atoms with Gasteiger partial charge in [-0.3, -0.25) is 4.79 Å². The van der Waals surface area contributed by atoms with E-state index in [4.69, 9.17) is 54.0 Å². The first-order valence-corrected chi connectivity index (χ1v) is 24.4. The second-order valence-corrected chi connectivity index (χ2v) is 25.5. The van der Waals surface area contributed by atoms with Crippen LogP contribution in [0, 0.1) is 0 Å². The quantitative estimate of drug-likeness (QED) is 0.191. The average Bonchev–Trinajstić information content (AvgIpc) is 3.09. The molecule has 1 radical (unpaired) electrons. The van der Waals surface area contributed by atoms with Crippen molar-refractivity contribution in [3.63, 3.8) is 0 Å². The van der Waals surface area contributed by atoms with Gasteiger partial charge in [-0.15, -0.1) is 0 Å². The number of carbonyl (C=O) groups excluding carboxylic acids is 1. The summed E-state index contributed by atoms with van der Waals surface area (Å²) in [4.78, 5) is 28.7. The third-order valence-electron chi connectivity index (χ3n) is 5.87. The summed E-state index contributed by atoms with van der Waals surface area (Å²) >= 11 is 22.5. The molecule has 51 heavy (non-hydrogen) atoms. The van der Waals surface area contributed by atoms with Crippen LogP contribution in [0.3, 0.4) is 0 Å². The Morgan fingerprint density at radius 2 is 0.765 bits per heavy atom. The Hall–Kier alpha value is -1.64. The average molecular weight is 946 g/mol. The maximum atomic E-state index is 11.0. The summed E-state index contributed by atoms with van der Waals surface area (Å²) in [7, 11) is 14.2. The van der Waals surface area contributed by atoms with Crippen LogP contribution in [-0.2, 0) is 9.59 Å². The van der Waals surface area contributed by atoms with Crippen molar-refractivity contribution in [3.05, 3.63) is 91.0 Å². The van der Waals surface area contributed by atoms with Crippen molar-refractivity contribution in [2.24, 2.45) is 0 Å². The maximum absolute atomic E-state index is 11.0. The SMILES string of the molecule is CN(C)C(=S)SC(SC(=S)N(C)C)C(=O)O.CN(C)C(=S)SC(SC(=S)N(C)C)C(=O)[O-].c1cc[c]([Sn]([c]2ccccc2)[c]2ccccc2)cc1. The molecule has 0 fully saturated rings. The van der Waals surface area contributed by atoms with Crippen molar-refractivity contribution < 1.29 is 19.8 Å². The molecular formula is C34H42N4O4S8Sn-. The summed E-state index contributed by atoms with van der Waals surface area (Å²) in [6.45, 7) is 0. The number of carbonyl (C=O) groups is 2. The molecule has 3 aromatic carbocycles. The molecule has 0 saturated heterocycles. The number of hydrogen-bond acceptors (Lipinski definition) is 11. The van der Waals surface area contributed by atoms with E-state index in [1.807, 2.05) is 0 Å². The standard InChI is InChI=1S/2C8H14N2O2S4.3C6H5.Sn/c2*1-9(2)7(13)15-6(5(11)12)16-8(14)10(3)4;3*1-2-4-6-5-3-1;/h2*6H,1-4H3,(H,11,12);3*1-5H;/p-1. The molecule has 0 heterocycles. The third kappa shape index (κ3) is 18.8. The van der Waals surface area contributed by atoms with Gasteiger partial charge in [0.1, 0.15) is 21.9 Å². The molecule has 3 aromatic rings. The van der Waals surface area contributed by atoms with Gasteiger partial charge in [0.15, 0.2) is 4.58 Å². The van der Waals surface area contributed by atoms with Crippen molar-refractivity contribution in [1.82, 2.24) is 19.6 Å². The second kappa shape index (κ2) is 25.4. The predicted octanol–water partition coefficient (Wildman–Crippen LogP) is 3.98. The van der Waals surface area contributed by atoms with Crippen LogP contribution in [0.25, 0.3) is 0 Å². The summed E-state index contributed by atoms with van der Waals surface area (Å²) in [5, 5.41) is 19.9. The van der Waals surface area contributed by atoms with Crippen LogP contribution in [0.2, 0.25) is 0 Å². The molecule has 0 aromatic heterocycles. The van der Waals surface area contributed by atoms with Crippen molar-refractivity contribution in [3.8, 4) is 0 Å². The number of thiocarbonyl (C=S) groups is 4. The minimum atomic E-state index is -1.98. The van der Waals surface area contributed by atoms with E-state index in [9.17, 15) is 14.7 Å². The molecule has 275 valence electrons. The fraction of sp³-hybridized carbons (Fsp3) is 0.294. The topological polar surface area (TPSA) is 90.4 Å². The van der Waals surface area contributed by atoms with Gasteiger partial charge in [0.25, 0.3) is 0 Å². The number of thioether (sulfide) groups is 4. The number of rotatable bonds is 9. The first kappa shape index (κ1) is 47.4. The van der Waals surface area contributed by atoms with E-state index in [0.717, 1.165) is 47.0 Å². The van der Waals surface area contributed by atoms with Gasteiger partial charge in [0.2, 0.25) is 0 Å². The van der Waals surface area contributed by atoms with E-state index >= 15 is 0 Å². The van der Waals surface area contributed by atoms with Crippen LogP contribution in [0.5, 0.6) is 0 Å². The van der Waals surface area contributed by atoms with Crippen LogP contribution >= 0.6 is 95.9 Å². The van der Waals surface area contributed by atoms with Gasteiger partial charge in [-0.1, -0.05) is 95.9 Å². The summed E-state index contributed by atoms with van der Waals surface area (Å²) in [6.07, 6.45) is 0. The third-order valence-corrected chi connectivity index (χ3v) is 21.4. The number of carboxylic acid groups (broad SMARTS) is 2. The van der Waals surface area contributed by atoms with Crippen LogP contribution in [0.15, 0.2) is 91.0 Å². The molecule has 0 atom stereocenters. The van der Waals surface area contributed by atoms with Crippen LogP contribution < -0.4 is 15.8 Å². The Morgan fingerprint density at radius 3 is 0.961 bits per heavy atom. The molecule has 17 heteroatoms. The van der Waals surface area contributed by atoms with Crippen molar-refractivity contribution in [2.75, 3.05) is 56.4 Å². The van der Waals surface area contributed by atoms with Gasteiger partial charge in [-0.25, -0.2) is 0 Å². The number of benzene rings is 3. The number of carboxylic acids is 2. The van der Waals surface area contributed by atoms with Crippen molar-refractivity contribution in [1.29, 1.82) is 0 Å². The Morgan fingerprint density at radius 1 is 0.529 bits per heavy atom. The summed E-state index contributed by atoms with van der Waals surface area (Å²) in [6, 6.07) is 32.9. The van der Waals surface area contributed by atoms with E-state index in [0.29, 0.717) is 17.3 Å². The minimum absolute atomic E-state index is 0.489. The first-order valence-electron chi connectivity index (χ1n) is 14.9. The second-order valence-electron chi connectivity index (χ2n) is 10.9. The van der Waals surface area contributed by atoms with Crippen LogP contribution in [-0.4, -0.2) is 139 Å². The Balaban J connectivity index is 0.000000386. The van der Waals surface area contributed by atoms with Crippen molar-refractivity contribution >= 4 is 156 Å². The molecule has 0 bridgehead atoms. The zero-order valence-electron chi connectivity index (χ0n) is 29.5. The van der Waals surface area contributed by atoms with Crippen LogP contribution in [0.4, 0.5) is 0 Å². The fourth-order valence-corrected chi connectivity index (χ4v) is 16.0. The molecule has 1 N–H and O–H groups in total. The fourth-order valence-electron chi connectivity index (χ4n) is 3.35. The van der Waals surface area contributed by atoms with Gasteiger partial charge in [-0.2, -0.15) is 0 Å². The Kier molecular flexibility index (Phi) is 23.6. The Labute approximate surface area is 348 Å². The number of aliphatic carboxylic acids is 2. The molecule has 0 aliphatic heterocycles. The number of nitrogens with zero attached hydrogens (tertiary/aromatic N) is 4. The summed E-state index contributed by atoms with van der Waals surface area (Å²) in [5.41, 5.74) is 0. The van der Waals surface area contributed by atoms with Gasteiger partial charge < -0.3 is 34.6 Å². The summed E-state index contributed by atoms with van der Waals surface area (Å²) < 4.78 is 5.11. The van der Waals surface area contributed by atoms with Crippen molar-refractivity contribution in [2.45, 2.75) is 9.16 Å².